The Morgan fingerprint density at radius 3 is 2.60 bits per heavy atom. The molecule has 5 heteroatoms. The van der Waals surface area contributed by atoms with Crippen molar-refractivity contribution in [2.45, 2.75) is 50.5 Å². The van der Waals surface area contributed by atoms with Crippen LogP contribution in [0.4, 0.5) is 4.79 Å². The van der Waals surface area contributed by atoms with Crippen LogP contribution in [0.1, 0.15) is 43.4 Å². The zero-order valence-electron chi connectivity index (χ0n) is 11.6. The number of imide groups is 1. The van der Waals surface area contributed by atoms with Crippen molar-refractivity contribution in [3.63, 3.8) is 0 Å². The van der Waals surface area contributed by atoms with Crippen molar-refractivity contribution in [3.05, 3.63) is 22.4 Å². The number of thiophene rings is 1. The second-order valence-corrected chi connectivity index (χ2v) is 6.72. The van der Waals surface area contributed by atoms with Crippen molar-refractivity contribution in [3.8, 4) is 0 Å². The van der Waals surface area contributed by atoms with Gasteiger partial charge in [0.15, 0.2) is 0 Å². The van der Waals surface area contributed by atoms with Gasteiger partial charge in [-0.25, -0.2) is 4.79 Å². The molecular weight excluding hydrogens is 272 g/mol. The lowest BCUT2D eigenvalue weighted by molar-refractivity contribution is -0.127. The summed E-state index contributed by atoms with van der Waals surface area (Å²) in [6, 6.07) is 3.91. The van der Waals surface area contributed by atoms with Crippen molar-refractivity contribution in [1.29, 1.82) is 0 Å². The molecule has 0 bridgehead atoms. The molecule has 2 fully saturated rings. The third-order valence-electron chi connectivity index (χ3n) is 4.50. The first-order valence-corrected chi connectivity index (χ1v) is 8.26. The van der Waals surface area contributed by atoms with Gasteiger partial charge in [-0.05, 0) is 30.7 Å². The highest BCUT2D eigenvalue weighted by Gasteiger charge is 2.51. The lowest BCUT2D eigenvalue weighted by Gasteiger charge is -2.34. The molecule has 1 aromatic rings. The molecule has 1 aliphatic heterocycles. The van der Waals surface area contributed by atoms with E-state index in [4.69, 9.17) is 0 Å². The zero-order valence-corrected chi connectivity index (χ0v) is 12.4. The zero-order chi connectivity index (χ0) is 14.0. The third-order valence-corrected chi connectivity index (χ3v) is 5.43. The molecule has 1 spiro atoms. The number of hydrogen-bond acceptors (Lipinski definition) is 3. The molecule has 1 saturated carbocycles. The van der Waals surface area contributed by atoms with Gasteiger partial charge in [-0.3, -0.25) is 10.1 Å². The summed E-state index contributed by atoms with van der Waals surface area (Å²) in [4.78, 5) is 27.5. The quantitative estimate of drug-likeness (QED) is 0.871. The van der Waals surface area contributed by atoms with E-state index in [0.717, 1.165) is 32.1 Å². The maximum atomic E-state index is 12.3. The molecule has 1 saturated heterocycles. The molecule has 108 valence electrons. The van der Waals surface area contributed by atoms with Gasteiger partial charge in [-0.1, -0.05) is 31.7 Å². The highest BCUT2D eigenvalue weighted by Crippen LogP contribution is 2.36. The normalized spacial score (nSPS) is 22.1. The summed E-state index contributed by atoms with van der Waals surface area (Å²) in [6.07, 6.45) is 6.88. The maximum absolute atomic E-state index is 12.3. The Kier molecular flexibility index (Phi) is 3.78. The van der Waals surface area contributed by atoms with Crippen LogP contribution in [0.3, 0.4) is 0 Å². The van der Waals surface area contributed by atoms with Gasteiger partial charge in [0.05, 0.1) is 0 Å². The summed E-state index contributed by atoms with van der Waals surface area (Å²) in [7, 11) is 0. The van der Waals surface area contributed by atoms with E-state index in [2.05, 4.69) is 11.4 Å². The number of carbonyl (C=O) groups excluding carboxylic acids is 2. The molecule has 1 aromatic heterocycles. The van der Waals surface area contributed by atoms with Crippen molar-refractivity contribution < 1.29 is 9.59 Å². The highest BCUT2D eigenvalue weighted by atomic mass is 32.1. The molecule has 3 amide bonds. The third kappa shape index (κ3) is 2.35. The van der Waals surface area contributed by atoms with Crippen molar-refractivity contribution >= 4 is 23.3 Å². The lowest BCUT2D eigenvalue weighted by atomic mass is 9.88. The molecule has 0 atom stereocenters. The van der Waals surface area contributed by atoms with Crippen LogP contribution in [-0.2, 0) is 11.2 Å². The average molecular weight is 292 g/mol. The van der Waals surface area contributed by atoms with Gasteiger partial charge in [0, 0.05) is 11.4 Å². The van der Waals surface area contributed by atoms with Gasteiger partial charge in [0.25, 0.3) is 5.91 Å². The van der Waals surface area contributed by atoms with Crippen LogP contribution in [0.5, 0.6) is 0 Å². The SMILES string of the molecule is O=C1NC(=O)C2(CCCCCC2)N1CCc1cccs1. The Labute approximate surface area is 123 Å². The summed E-state index contributed by atoms with van der Waals surface area (Å²) in [5.74, 6) is -0.0735. The van der Waals surface area contributed by atoms with E-state index in [9.17, 15) is 9.59 Å². The molecular formula is C15H20N2O2S. The standard InChI is InChI=1S/C15H20N2O2S/c18-13-15(8-3-1-2-4-9-15)17(14(19)16-13)10-7-12-6-5-11-20-12/h5-6,11H,1-4,7-10H2,(H,16,18,19). The van der Waals surface area contributed by atoms with Crippen molar-refractivity contribution in [2.24, 2.45) is 0 Å². The largest absolute Gasteiger partial charge is 0.325 e. The van der Waals surface area contributed by atoms with E-state index in [1.54, 1.807) is 16.2 Å². The molecule has 1 N–H and O–H groups in total. The predicted molar refractivity (Wildman–Crippen MR) is 78.7 cm³/mol. The molecule has 20 heavy (non-hydrogen) atoms. The van der Waals surface area contributed by atoms with E-state index in [1.807, 2.05) is 11.4 Å². The van der Waals surface area contributed by atoms with E-state index in [0.29, 0.717) is 6.54 Å². The Bertz CT molecular complexity index is 490. The molecule has 3 rings (SSSR count). The minimum absolute atomic E-state index is 0.0735. The lowest BCUT2D eigenvalue weighted by Crippen LogP contribution is -2.50. The fourth-order valence-corrected chi connectivity index (χ4v) is 4.10. The van der Waals surface area contributed by atoms with Crippen LogP contribution < -0.4 is 5.32 Å². The number of rotatable bonds is 3. The Morgan fingerprint density at radius 2 is 1.95 bits per heavy atom. The molecule has 2 heterocycles. The number of nitrogens with one attached hydrogen (secondary N) is 1. The number of urea groups is 1. The van der Waals surface area contributed by atoms with Crippen LogP contribution >= 0.6 is 11.3 Å². The van der Waals surface area contributed by atoms with E-state index in [-0.39, 0.29) is 11.9 Å². The van der Waals surface area contributed by atoms with Crippen LogP contribution in [0.25, 0.3) is 0 Å². The minimum atomic E-state index is -0.565. The van der Waals surface area contributed by atoms with Crippen LogP contribution in [0, 0.1) is 0 Å². The molecule has 2 aliphatic rings. The molecule has 0 unspecified atom stereocenters. The van der Waals surface area contributed by atoms with E-state index < -0.39 is 5.54 Å². The number of hydrogen-bond donors (Lipinski definition) is 1. The molecule has 0 aromatic carbocycles. The first-order valence-electron chi connectivity index (χ1n) is 7.38. The highest BCUT2D eigenvalue weighted by molar-refractivity contribution is 7.09. The second-order valence-electron chi connectivity index (χ2n) is 5.69. The summed E-state index contributed by atoms with van der Waals surface area (Å²) >= 11 is 1.70. The van der Waals surface area contributed by atoms with E-state index >= 15 is 0 Å². The van der Waals surface area contributed by atoms with Gasteiger partial charge < -0.3 is 4.90 Å². The summed E-state index contributed by atoms with van der Waals surface area (Å²) in [6.45, 7) is 0.637. The summed E-state index contributed by atoms with van der Waals surface area (Å²) < 4.78 is 0. The van der Waals surface area contributed by atoms with Gasteiger partial charge in [-0.2, -0.15) is 0 Å². The average Bonchev–Trinajstić information content (AvgIpc) is 2.91. The number of carbonyl (C=O) groups is 2. The van der Waals surface area contributed by atoms with Crippen molar-refractivity contribution in [1.82, 2.24) is 10.2 Å². The maximum Gasteiger partial charge on any atom is 0.325 e. The number of nitrogens with zero attached hydrogens (tertiary/aromatic N) is 1. The van der Waals surface area contributed by atoms with Gasteiger partial charge in [0.1, 0.15) is 5.54 Å². The van der Waals surface area contributed by atoms with Crippen LogP contribution in [-0.4, -0.2) is 28.9 Å². The second kappa shape index (κ2) is 5.56. The predicted octanol–water partition coefficient (Wildman–Crippen LogP) is 2.94. The van der Waals surface area contributed by atoms with Gasteiger partial charge in [0.2, 0.25) is 0 Å². The Hall–Kier alpha value is -1.36. The molecule has 0 radical (unpaired) electrons. The first-order chi connectivity index (χ1) is 9.72. The van der Waals surface area contributed by atoms with Crippen molar-refractivity contribution in [2.75, 3.05) is 6.54 Å². The van der Waals surface area contributed by atoms with Crippen LogP contribution in [0.2, 0.25) is 0 Å². The van der Waals surface area contributed by atoms with Gasteiger partial charge >= 0.3 is 6.03 Å². The topological polar surface area (TPSA) is 49.4 Å². The Balaban J connectivity index is 1.78. The fraction of sp³-hybridized carbons (Fsp3) is 0.600. The van der Waals surface area contributed by atoms with Gasteiger partial charge in [-0.15, -0.1) is 11.3 Å². The summed E-state index contributed by atoms with van der Waals surface area (Å²) in [5, 5.41) is 4.58. The van der Waals surface area contributed by atoms with E-state index in [1.165, 1.54) is 17.7 Å². The smallest absolute Gasteiger partial charge is 0.309 e. The molecule has 4 nitrogen and oxygen atoms in total. The first kappa shape index (κ1) is 13.6. The summed E-state index contributed by atoms with van der Waals surface area (Å²) in [5.41, 5.74) is -0.565. The van der Waals surface area contributed by atoms with Crippen LogP contribution in [0.15, 0.2) is 17.5 Å². The minimum Gasteiger partial charge on any atom is -0.309 e. The number of amides is 3. The monoisotopic (exact) mass is 292 g/mol. The fourth-order valence-electron chi connectivity index (χ4n) is 3.40. The Morgan fingerprint density at radius 1 is 1.20 bits per heavy atom. The molecule has 1 aliphatic carbocycles.